The van der Waals surface area contributed by atoms with Gasteiger partial charge in [0.05, 0.1) is 11.4 Å². The number of halogens is 1. The molecule has 4 rings (SSSR count). The van der Waals surface area contributed by atoms with Crippen LogP contribution < -0.4 is 10.6 Å². The molecule has 0 saturated heterocycles. The first-order valence-corrected chi connectivity index (χ1v) is 8.65. The van der Waals surface area contributed by atoms with Crippen molar-refractivity contribution in [3.8, 4) is 0 Å². The van der Waals surface area contributed by atoms with Gasteiger partial charge < -0.3 is 10.6 Å². The monoisotopic (exact) mass is 369 g/mol. The van der Waals surface area contributed by atoms with Crippen LogP contribution in [0, 0.1) is 0 Å². The van der Waals surface area contributed by atoms with Crippen LogP contribution in [0.2, 0.25) is 5.28 Å². The highest BCUT2D eigenvalue weighted by molar-refractivity contribution is 7.09. The van der Waals surface area contributed by atoms with Gasteiger partial charge in [0.2, 0.25) is 16.6 Å². The Bertz CT molecular complexity index is 956. The van der Waals surface area contributed by atoms with Crippen molar-refractivity contribution in [2.24, 2.45) is 4.99 Å². The van der Waals surface area contributed by atoms with Crippen molar-refractivity contribution < 1.29 is 4.79 Å². The number of nitrogens with zero attached hydrogens (tertiary/aromatic N) is 3. The molecule has 1 aliphatic heterocycles. The maximum absolute atomic E-state index is 12.6. The Labute approximate surface area is 152 Å². The summed E-state index contributed by atoms with van der Waals surface area (Å²) in [6.07, 6.45) is -0.841. The van der Waals surface area contributed by atoms with Gasteiger partial charge in [-0.3, -0.25) is 4.79 Å². The first-order chi connectivity index (χ1) is 12.2. The van der Waals surface area contributed by atoms with E-state index in [4.69, 9.17) is 11.6 Å². The quantitative estimate of drug-likeness (QED) is 0.741. The molecule has 1 atom stereocenters. The third kappa shape index (κ3) is 3.24. The molecule has 2 N–H and O–H groups in total. The number of benzodiazepines with no additional fused rings is 1. The highest BCUT2D eigenvalue weighted by Gasteiger charge is 2.26. The number of aromatic nitrogens is 2. The fourth-order valence-electron chi connectivity index (χ4n) is 2.56. The van der Waals surface area contributed by atoms with Gasteiger partial charge in [-0.25, -0.2) is 4.99 Å². The Morgan fingerprint density at radius 1 is 1.08 bits per heavy atom. The number of amides is 1. The van der Waals surface area contributed by atoms with Crippen LogP contribution in [0.25, 0.3) is 0 Å². The van der Waals surface area contributed by atoms with Crippen molar-refractivity contribution in [2.75, 3.05) is 10.6 Å². The minimum Gasteiger partial charge on any atom is -0.331 e. The number of anilines is 2. The first-order valence-electron chi connectivity index (χ1n) is 7.50. The lowest BCUT2D eigenvalue weighted by Crippen LogP contribution is -2.32. The summed E-state index contributed by atoms with van der Waals surface area (Å²) in [6.45, 7) is 0. The van der Waals surface area contributed by atoms with Gasteiger partial charge >= 0.3 is 0 Å². The largest absolute Gasteiger partial charge is 0.331 e. The second-order valence-electron chi connectivity index (χ2n) is 5.29. The smallest absolute Gasteiger partial charge is 0.269 e. The molecule has 0 bridgehead atoms. The number of aliphatic imine (C=N–C) groups is 1. The van der Waals surface area contributed by atoms with Gasteiger partial charge in [0.15, 0.2) is 0 Å². The molecule has 25 heavy (non-hydrogen) atoms. The fraction of sp³-hybridized carbons (Fsp3) is 0.0588. The average molecular weight is 370 g/mol. The predicted molar refractivity (Wildman–Crippen MR) is 99.5 cm³/mol. The van der Waals surface area contributed by atoms with E-state index >= 15 is 0 Å². The Balaban J connectivity index is 1.80. The van der Waals surface area contributed by atoms with E-state index in [1.807, 2.05) is 54.6 Å². The lowest BCUT2D eigenvalue weighted by molar-refractivity contribution is -0.116. The zero-order valence-corrected chi connectivity index (χ0v) is 14.4. The normalized spacial score (nSPS) is 16.4. The Kier molecular flexibility index (Phi) is 4.17. The predicted octanol–water partition coefficient (Wildman–Crippen LogP) is 3.42. The van der Waals surface area contributed by atoms with Gasteiger partial charge in [0, 0.05) is 22.7 Å². The molecule has 8 heteroatoms. The van der Waals surface area contributed by atoms with Crippen LogP contribution in [0.5, 0.6) is 0 Å². The number of hydrogen-bond acceptors (Lipinski definition) is 6. The minimum absolute atomic E-state index is 0.136. The van der Waals surface area contributed by atoms with Gasteiger partial charge in [-0.1, -0.05) is 48.5 Å². The highest BCUT2D eigenvalue weighted by Crippen LogP contribution is 2.25. The van der Waals surface area contributed by atoms with Gasteiger partial charge in [-0.05, 0) is 17.7 Å². The van der Waals surface area contributed by atoms with Gasteiger partial charge in [0.1, 0.15) is 0 Å². The average Bonchev–Trinajstić information content (AvgIpc) is 2.98. The van der Waals surface area contributed by atoms with Crippen LogP contribution in [0.15, 0.2) is 59.6 Å². The Hall–Kier alpha value is -2.77. The van der Waals surface area contributed by atoms with Gasteiger partial charge in [-0.2, -0.15) is 9.36 Å². The molecular formula is C17H12ClN5OS. The van der Waals surface area contributed by atoms with E-state index < -0.39 is 6.17 Å². The molecule has 0 spiro atoms. The molecule has 0 saturated carbocycles. The molecule has 1 aliphatic rings. The highest BCUT2D eigenvalue weighted by atomic mass is 35.5. The zero-order valence-electron chi connectivity index (χ0n) is 12.8. The van der Waals surface area contributed by atoms with Crippen molar-refractivity contribution in [1.82, 2.24) is 9.36 Å². The maximum atomic E-state index is 12.6. The Morgan fingerprint density at radius 3 is 2.60 bits per heavy atom. The van der Waals surface area contributed by atoms with Crippen LogP contribution >= 0.6 is 23.1 Å². The van der Waals surface area contributed by atoms with Crippen LogP contribution in [0.1, 0.15) is 11.1 Å². The number of fused-ring (bicyclic) bond motifs is 1. The van der Waals surface area contributed by atoms with Crippen LogP contribution in [0.3, 0.4) is 0 Å². The second kappa shape index (κ2) is 6.62. The molecule has 1 aromatic heterocycles. The van der Waals surface area contributed by atoms with Crippen LogP contribution in [-0.4, -0.2) is 27.1 Å². The summed E-state index contributed by atoms with van der Waals surface area (Å²) in [7, 11) is 0. The molecule has 1 amide bonds. The number of nitrogens with one attached hydrogen (secondary N) is 2. The van der Waals surface area contributed by atoms with E-state index in [0.717, 1.165) is 34.1 Å². The number of carbonyl (C=O) groups excluding carboxylic acids is 1. The molecular weight excluding hydrogens is 358 g/mol. The van der Waals surface area contributed by atoms with Crippen molar-refractivity contribution in [1.29, 1.82) is 0 Å². The van der Waals surface area contributed by atoms with Gasteiger partial charge in [0.25, 0.3) is 5.91 Å². The molecule has 124 valence electrons. The lowest BCUT2D eigenvalue weighted by Gasteiger charge is -2.11. The van der Waals surface area contributed by atoms with Crippen molar-refractivity contribution in [2.45, 2.75) is 6.17 Å². The summed E-state index contributed by atoms with van der Waals surface area (Å²) in [5, 5.41) is 6.47. The summed E-state index contributed by atoms with van der Waals surface area (Å²) in [5.74, 6) is -0.273. The topological polar surface area (TPSA) is 79.3 Å². The molecule has 6 nitrogen and oxygen atoms in total. The summed E-state index contributed by atoms with van der Waals surface area (Å²) in [6, 6.07) is 17.3. The second-order valence-corrected chi connectivity index (χ2v) is 6.38. The molecule has 0 aliphatic carbocycles. The summed E-state index contributed by atoms with van der Waals surface area (Å²) in [5.41, 5.74) is 3.23. The Morgan fingerprint density at radius 2 is 1.84 bits per heavy atom. The van der Waals surface area contributed by atoms with E-state index in [2.05, 4.69) is 25.0 Å². The molecule has 0 fully saturated rings. The minimum atomic E-state index is -0.841. The van der Waals surface area contributed by atoms with Crippen LogP contribution in [0.4, 0.5) is 10.8 Å². The van der Waals surface area contributed by atoms with Crippen molar-refractivity contribution >= 4 is 45.6 Å². The van der Waals surface area contributed by atoms with E-state index in [1.54, 1.807) is 0 Å². The van der Waals surface area contributed by atoms with Crippen LogP contribution in [-0.2, 0) is 4.79 Å². The standard InChI is InChI=1S/C17H12ClN5OS/c18-16-22-17(25-23-16)21-14-15(24)19-12-9-5-4-8-11(12)13(20-14)10-6-2-1-3-7-10/h1-9,14H,(H,19,24)(H,21,22,23). The number of para-hydroxylation sites is 1. The molecule has 2 heterocycles. The van der Waals surface area contributed by atoms with E-state index in [1.165, 1.54) is 0 Å². The molecule has 3 aromatic rings. The zero-order chi connectivity index (χ0) is 17.2. The van der Waals surface area contributed by atoms with Crippen molar-refractivity contribution in [3.63, 3.8) is 0 Å². The molecule has 0 radical (unpaired) electrons. The number of hydrogen-bond donors (Lipinski definition) is 2. The summed E-state index contributed by atoms with van der Waals surface area (Å²) >= 11 is 6.84. The van der Waals surface area contributed by atoms with Crippen molar-refractivity contribution in [3.05, 3.63) is 71.0 Å². The van der Waals surface area contributed by atoms with E-state index in [0.29, 0.717) is 5.13 Å². The molecule has 1 unspecified atom stereocenters. The first kappa shape index (κ1) is 15.7. The summed E-state index contributed by atoms with van der Waals surface area (Å²) < 4.78 is 3.90. The lowest BCUT2D eigenvalue weighted by atomic mass is 10.0. The third-order valence-electron chi connectivity index (χ3n) is 3.66. The number of rotatable bonds is 3. The SMILES string of the molecule is O=C1Nc2ccccc2C(c2ccccc2)=NC1Nc1nc(Cl)ns1. The van der Waals surface area contributed by atoms with E-state index in [9.17, 15) is 4.79 Å². The fourth-order valence-corrected chi connectivity index (χ4v) is 3.29. The van der Waals surface area contributed by atoms with E-state index in [-0.39, 0.29) is 11.2 Å². The third-order valence-corrected chi connectivity index (χ3v) is 4.57. The maximum Gasteiger partial charge on any atom is 0.269 e. The number of carbonyl (C=O) groups is 1. The van der Waals surface area contributed by atoms with Gasteiger partial charge in [-0.15, -0.1) is 0 Å². The number of benzene rings is 2. The molecule has 2 aromatic carbocycles. The summed E-state index contributed by atoms with van der Waals surface area (Å²) in [4.78, 5) is 21.3.